The molecule has 2 rings (SSSR count). The van der Waals surface area contributed by atoms with Gasteiger partial charge in [-0.2, -0.15) is 0 Å². The van der Waals surface area contributed by atoms with Crippen molar-refractivity contribution in [1.82, 2.24) is 4.98 Å². The maximum Gasteiger partial charge on any atom is 0.144 e. The summed E-state index contributed by atoms with van der Waals surface area (Å²) in [4.78, 5) is 4.20. The summed E-state index contributed by atoms with van der Waals surface area (Å²) in [7, 11) is 0. The Bertz CT molecular complexity index is 387. The van der Waals surface area contributed by atoms with Crippen molar-refractivity contribution < 1.29 is 0 Å². The van der Waals surface area contributed by atoms with Crippen LogP contribution in [0, 0.1) is 11.8 Å². The van der Waals surface area contributed by atoms with E-state index in [1.807, 2.05) is 0 Å². The zero-order chi connectivity index (χ0) is 13.0. The number of halogens is 1. The highest BCUT2D eigenvalue weighted by molar-refractivity contribution is 6.33. The number of hydrogen-bond donors (Lipinski definition) is 2. The van der Waals surface area contributed by atoms with Crippen LogP contribution in [0.4, 0.5) is 11.5 Å². The monoisotopic (exact) mass is 267 g/mol. The van der Waals surface area contributed by atoms with Crippen LogP contribution in [-0.2, 0) is 0 Å². The van der Waals surface area contributed by atoms with Crippen LogP contribution in [-0.4, -0.2) is 11.5 Å². The van der Waals surface area contributed by atoms with E-state index in [0.29, 0.717) is 10.7 Å². The molecule has 3 N–H and O–H groups in total. The molecule has 0 aromatic carbocycles. The summed E-state index contributed by atoms with van der Waals surface area (Å²) < 4.78 is 0. The third-order valence-electron chi connectivity index (χ3n) is 3.84. The molecule has 0 amide bonds. The second-order valence-electron chi connectivity index (χ2n) is 5.44. The lowest BCUT2D eigenvalue weighted by Gasteiger charge is -2.26. The van der Waals surface area contributed by atoms with Gasteiger partial charge in [0.05, 0.1) is 16.9 Å². The van der Waals surface area contributed by atoms with Gasteiger partial charge in [0, 0.05) is 6.54 Å². The van der Waals surface area contributed by atoms with E-state index in [0.717, 1.165) is 24.2 Å². The van der Waals surface area contributed by atoms with Gasteiger partial charge in [0.25, 0.3) is 0 Å². The Morgan fingerprint density at radius 1 is 1.39 bits per heavy atom. The summed E-state index contributed by atoms with van der Waals surface area (Å²) in [5.41, 5.74) is 6.21. The fourth-order valence-corrected chi connectivity index (χ4v) is 2.84. The maximum atomic E-state index is 6.07. The summed E-state index contributed by atoms with van der Waals surface area (Å²) >= 11 is 6.07. The van der Waals surface area contributed by atoms with Gasteiger partial charge in [-0.25, -0.2) is 4.98 Å². The first-order valence-electron chi connectivity index (χ1n) is 6.80. The SMILES string of the molecule is CC1CCC(CCNc2ncc(N)cc2Cl)CC1. The molecule has 1 heterocycles. The van der Waals surface area contributed by atoms with Crippen LogP contribution in [0.5, 0.6) is 0 Å². The molecule has 0 atom stereocenters. The molecule has 18 heavy (non-hydrogen) atoms. The second kappa shape index (κ2) is 6.28. The molecule has 0 bridgehead atoms. The van der Waals surface area contributed by atoms with E-state index in [9.17, 15) is 0 Å². The molecule has 0 saturated heterocycles. The van der Waals surface area contributed by atoms with E-state index < -0.39 is 0 Å². The van der Waals surface area contributed by atoms with Gasteiger partial charge in [-0.15, -0.1) is 0 Å². The number of nitrogens with zero attached hydrogens (tertiary/aromatic N) is 1. The number of anilines is 2. The highest BCUT2D eigenvalue weighted by atomic mass is 35.5. The van der Waals surface area contributed by atoms with Crippen LogP contribution in [0.25, 0.3) is 0 Å². The lowest BCUT2D eigenvalue weighted by atomic mass is 9.81. The molecular formula is C14H22ClN3. The largest absolute Gasteiger partial charge is 0.397 e. The molecular weight excluding hydrogens is 246 g/mol. The molecule has 4 heteroatoms. The van der Waals surface area contributed by atoms with E-state index in [1.54, 1.807) is 12.3 Å². The Morgan fingerprint density at radius 3 is 2.78 bits per heavy atom. The minimum absolute atomic E-state index is 0.604. The van der Waals surface area contributed by atoms with Gasteiger partial charge in [0.2, 0.25) is 0 Å². The van der Waals surface area contributed by atoms with Gasteiger partial charge in [0.15, 0.2) is 0 Å². The molecule has 0 radical (unpaired) electrons. The van der Waals surface area contributed by atoms with Gasteiger partial charge in [-0.3, -0.25) is 0 Å². The van der Waals surface area contributed by atoms with Crippen molar-refractivity contribution >= 4 is 23.1 Å². The Balaban J connectivity index is 1.75. The van der Waals surface area contributed by atoms with Crippen molar-refractivity contribution in [1.29, 1.82) is 0 Å². The minimum atomic E-state index is 0.604. The van der Waals surface area contributed by atoms with E-state index in [4.69, 9.17) is 17.3 Å². The number of aromatic nitrogens is 1. The summed E-state index contributed by atoms with van der Waals surface area (Å²) in [6.45, 7) is 3.29. The summed E-state index contributed by atoms with van der Waals surface area (Å²) in [6, 6.07) is 1.74. The van der Waals surface area contributed by atoms with Crippen LogP contribution in [0.15, 0.2) is 12.3 Å². The molecule has 100 valence electrons. The highest BCUT2D eigenvalue weighted by Gasteiger charge is 2.17. The number of nitrogens with two attached hydrogens (primary N) is 1. The van der Waals surface area contributed by atoms with Crippen molar-refractivity contribution in [3.63, 3.8) is 0 Å². The van der Waals surface area contributed by atoms with Gasteiger partial charge < -0.3 is 11.1 Å². The van der Waals surface area contributed by atoms with Crippen LogP contribution in [0.1, 0.15) is 39.0 Å². The van der Waals surface area contributed by atoms with Gasteiger partial charge in [0.1, 0.15) is 5.82 Å². The van der Waals surface area contributed by atoms with Crippen molar-refractivity contribution in [2.45, 2.75) is 39.0 Å². The standard InChI is InChI=1S/C14H22ClN3/c1-10-2-4-11(5-3-10)6-7-17-14-13(15)8-12(16)9-18-14/h8-11H,2-7,16H2,1H3,(H,17,18). The molecule has 1 aromatic rings. The Hall–Kier alpha value is -0.960. The number of pyridine rings is 1. The average Bonchev–Trinajstić information content (AvgIpc) is 2.34. The Morgan fingerprint density at radius 2 is 2.11 bits per heavy atom. The van der Waals surface area contributed by atoms with E-state index in [2.05, 4.69) is 17.2 Å². The van der Waals surface area contributed by atoms with Crippen LogP contribution in [0.3, 0.4) is 0 Å². The summed E-state index contributed by atoms with van der Waals surface area (Å²) in [6.07, 6.45) is 8.33. The summed E-state index contributed by atoms with van der Waals surface area (Å²) in [5.74, 6) is 2.53. The zero-order valence-corrected chi connectivity index (χ0v) is 11.7. The zero-order valence-electron chi connectivity index (χ0n) is 11.0. The number of hydrogen-bond acceptors (Lipinski definition) is 3. The lowest BCUT2D eigenvalue weighted by Crippen LogP contribution is -2.16. The molecule has 3 nitrogen and oxygen atoms in total. The minimum Gasteiger partial charge on any atom is -0.397 e. The fourth-order valence-electron chi connectivity index (χ4n) is 2.60. The number of nitrogen functional groups attached to an aromatic ring is 1. The van der Waals surface area contributed by atoms with Gasteiger partial charge in [-0.1, -0.05) is 44.2 Å². The predicted octanol–water partition coefficient (Wildman–Crippen LogP) is 3.95. The first-order chi connectivity index (χ1) is 8.65. The predicted molar refractivity (Wildman–Crippen MR) is 77.9 cm³/mol. The third-order valence-corrected chi connectivity index (χ3v) is 4.13. The quantitative estimate of drug-likeness (QED) is 0.869. The highest BCUT2D eigenvalue weighted by Crippen LogP contribution is 2.30. The maximum absolute atomic E-state index is 6.07. The fraction of sp³-hybridized carbons (Fsp3) is 0.643. The summed E-state index contributed by atoms with van der Waals surface area (Å²) in [5, 5.41) is 3.90. The lowest BCUT2D eigenvalue weighted by molar-refractivity contribution is 0.282. The third kappa shape index (κ3) is 3.77. The van der Waals surface area contributed by atoms with Gasteiger partial charge in [-0.05, 0) is 24.3 Å². The van der Waals surface area contributed by atoms with Gasteiger partial charge >= 0.3 is 0 Å². The van der Waals surface area contributed by atoms with Crippen molar-refractivity contribution in [3.8, 4) is 0 Å². The topological polar surface area (TPSA) is 50.9 Å². The Kier molecular flexibility index (Phi) is 4.70. The molecule has 1 saturated carbocycles. The molecule has 0 spiro atoms. The molecule has 1 aliphatic rings. The average molecular weight is 268 g/mol. The van der Waals surface area contributed by atoms with Crippen molar-refractivity contribution in [3.05, 3.63) is 17.3 Å². The van der Waals surface area contributed by atoms with Crippen molar-refractivity contribution in [2.75, 3.05) is 17.6 Å². The number of rotatable bonds is 4. The first-order valence-corrected chi connectivity index (χ1v) is 7.18. The van der Waals surface area contributed by atoms with Crippen LogP contribution in [0.2, 0.25) is 5.02 Å². The molecule has 0 unspecified atom stereocenters. The van der Waals surface area contributed by atoms with Crippen LogP contribution >= 0.6 is 11.6 Å². The first kappa shape index (κ1) is 13.5. The van der Waals surface area contributed by atoms with E-state index in [-0.39, 0.29) is 0 Å². The molecule has 0 aliphatic heterocycles. The second-order valence-corrected chi connectivity index (χ2v) is 5.85. The van der Waals surface area contributed by atoms with E-state index in [1.165, 1.54) is 32.1 Å². The van der Waals surface area contributed by atoms with E-state index >= 15 is 0 Å². The normalized spacial score (nSPS) is 23.9. The smallest absolute Gasteiger partial charge is 0.144 e. The van der Waals surface area contributed by atoms with Crippen LogP contribution < -0.4 is 11.1 Å². The molecule has 1 aromatic heterocycles. The molecule has 1 aliphatic carbocycles. The molecule has 1 fully saturated rings. The Labute approximate surface area is 114 Å². The van der Waals surface area contributed by atoms with Crippen molar-refractivity contribution in [2.24, 2.45) is 11.8 Å². The number of nitrogens with one attached hydrogen (secondary N) is 1.